The van der Waals surface area contributed by atoms with Crippen LogP contribution < -0.4 is 30.3 Å². The molecule has 0 aliphatic carbocycles. The molecule has 2 saturated heterocycles. The summed E-state index contributed by atoms with van der Waals surface area (Å²) < 4.78 is 24.8. The summed E-state index contributed by atoms with van der Waals surface area (Å²) in [5.74, 6) is 2.14. The van der Waals surface area contributed by atoms with Gasteiger partial charge in [-0.05, 0) is 75.4 Å². The fraction of sp³-hybridized carbons (Fsp3) is 0.543. The van der Waals surface area contributed by atoms with Gasteiger partial charge in [0, 0.05) is 62.4 Å². The molecule has 0 radical (unpaired) electrons. The Morgan fingerprint density at radius 1 is 0.913 bits per heavy atom. The minimum Gasteiger partial charge on any atom is -0.494 e. The van der Waals surface area contributed by atoms with E-state index in [9.17, 15) is 4.57 Å². The highest BCUT2D eigenvalue weighted by Gasteiger charge is 2.28. The second-order valence-corrected chi connectivity index (χ2v) is 16.1. The van der Waals surface area contributed by atoms with Gasteiger partial charge >= 0.3 is 0 Å². The molecule has 10 nitrogen and oxygen atoms in total. The number of nitrogens with zero attached hydrogens (tertiary/aromatic N) is 5. The molecule has 0 saturated carbocycles. The van der Waals surface area contributed by atoms with Crippen molar-refractivity contribution in [2.24, 2.45) is 0 Å². The van der Waals surface area contributed by atoms with Crippen molar-refractivity contribution in [2.45, 2.75) is 52.0 Å². The van der Waals surface area contributed by atoms with Crippen molar-refractivity contribution in [2.75, 3.05) is 89.4 Å². The van der Waals surface area contributed by atoms with E-state index in [2.05, 4.69) is 69.4 Å². The zero-order chi connectivity index (χ0) is 32.8. The number of ether oxygens (including phenoxy) is 2. The fourth-order valence-electron chi connectivity index (χ4n) is 6.61. The first-order valence-corrected chi connectivity index (χ1v) is 19.3. The lowest BCUT2D eigenvalue weighted by Crippen LogP contribution is -2.52. The first-order chi connectivity index (χ1) is 22.1. The first kappa shape index (κ1) is 34.0. The normalized spacial score (nSPS) is 16.8. The van der Waals surface area contributed by atoms with Crippen molar-refractivity contribution >= 4 is 41.3 Å². The summed E-state index contributed by atoms with van der Waals surface area (Å²) in [6, 6.07) is 11.1. The predicted molar refractivity (Wildman–Crippen MR) is 191 cm³/mol. The molecule has 0 atom stereocenters. The summed E-state index contributed by atoms with van der Waals surface area (Å²) in [6.45, 7) is 14.7. The molecule has 250 valence electrons. The van der Waals surface area contributed by atoms with Crippen LogP contribution in [0.3, 0.4) is 0 Å². The molecule has 46 heavy (non-hydrogen) atoms. The highest BCUT2D eigenvalue weighted by Crippen LogP contribution is 2.40. The number of benzene rings is 2. The highest BCUT2D eigenvalue weighted by molar-refractivity contribution is 7.70. The van der Waals surface area contributed by atoms with E-state index >= 15 is 0 Å². The number of rotatable bonds is 12. The molecular weight excluding hydrogens is 597 g/mol. The minimum absolute atomic E-state index is 0.407. The Balaban J connectivity index is 1.36. The van der Waals surface area contributed by atoms with Crippen LogP contribution in [0, 0.1) is 0 Å². The maximum atomic E-state index is 13.3. The van der Waals surface area contributed by atoms with Crippen molar-refractivity contribution in [1.82, 2.24) is 19.8 Å². The third-order valence-corrected chi connectivity index (χ3v) is 10.8. The van der Waals surface area contributed by atoms with Crippen LogP contribution in [-0.4, -0.2) is 99.7 Å². The van der Waals surface area contributed by atoms with E-state index in [1.54, 1.807) is 33.7 Å². The lowest BCUT2D eigenvalue weighted by molar-refractivity contribution is 0.0982. The standard InChI is InChI=1S/C35H52N7O3P/c1-8-10-25-11-12-28(33(21-25)46(6,7)43)37-34-32(45-5)24-36-35(39-34)38-29-22-26(9-2)30(23-31(29)44-4)42-15-13-27(14-16-42)41-19-17-40(3)18-20-41/h11-12,21-24,27H,8-10,13-20H2,1-7H3,(H2,36,37,38,39). The fourth-order valence-corrected chi connectivity index (χ4v) is 7.79. The van der Waals surface area contributed by atoms with Gasteiger partial charge in [-0.3, -0.25) is 4.90 Å². The number of aromatic nitrogens is 2. The summed E-state index contributed by atoms with van der Waals surface area (Å²) in [5, 5.41) is 7.60. The molecule has 5 rings (SSSR count). The molecule has 0 bridgehead atoms. The van der Waals surface area contributed by atoms with Crippen molar-refractivity contribution in [3.05, 3.63) is 47.7 Å². The van der Waals surface area contributed by atoms with Gasteiger partial charge in [-0.15, -0.1) is 0 Å². The Hall–Kier alpha value is -3.33. The van der Waals surface area contributed by atoms with Gasteiger partial charge in [0.2, 0.25) is 5.95 Å². The van der Waals surface area contributed by atoms with Gasteiger partial charge in [-0.1, -0.05) is 26.3 Å². The SMILES string of the molecule is CCCc1ccc(Nc2nc(Nc3cc(CC)c(N4CCC(N5CCN(C)CC5)CC4)cc3OC)ncc2OC)c(P(C)(C)=O)c1. The first-order valence-electron chi connectivity index (χ1n) is 16.6. The maximum absolute atomic E-state index is 13.3. The van der Waals surface area contributed by atoms with E-state index < -0.39 is 7.14 Å². The zero-order valence-electron chi connectivity index (χ0n) is 28.7. The number of hydrogen-bond acceptors (Lipinski definition) is 10. The predicted octanol–water partition coefficient (Wildman–Crippen LogP) is 5.96. The monoisotopic (exact) mass is 649 g/mol. The molecule has 2 aliphatic heterocycles. The van der Waals surface area contributed by atoms with Crippen LogP contribution in [0.25, 0.3) is 0 Å². The average molecular weight is 650 g/mol. The van der Waals surface area contributed by atoms with Gasteiger partial charge in [0.1, 0.15) is 12.9 Å². The summed E-state index contributed by atoms with van der Waals surface area (Å²) >= 11 is 0. The molecule has 3 heterocycles. The zero-order valence-corrected chi connectivity index (χ0v) is 29.6. The van der Waals surface area contributed by atoms with E-state index in [1.165, 1.54) is 42.7 Å². The van der Waals surface area contributed by atoms with Crippen molar-refractivity contribution in [3.8, 4) is 11.5 Å². The average Bonchev–Trinajstić information content (AvgIpc) is 3.05. The molecule has 0 amide bonds. The summed E-state index contributed by atoms with van der Waals surface area (Å²) in [7, 11) is 2.94. The Kier molecular flexibility index (Phi) is 11.1. The van der Waals surface area contributed by atoms with Crippen LogP contribution in [0.5, 0.6) is 11.5 Å². The van der Waals surface area contributed by atoms with Gasteiger partial charge in [0.05, 0.1) is 31.8 Å². The van der Waals surface area contributed by atoms with Crippen molar-refractivity contribution < 1.29 is 14.0 Å². The number of piperidine rings is 1. The Bertz CT molecular complexity index is 1530. The molecule has 2 N–H and O–H groups in total. The largest absolute Gasteiger partial charge is 0.494 e. The Labute approximate surface area is 275 Å². The number of hydrogen-bond donors (Lipinski definition) is 2. The van der Waals surface area contributed by atoms with Crippen LogP contribution in [-0.2, 0) is 17.4 Å². The topological polar surface area (TPSA) is 95.1 Å². The summed E-state index contributed by atoms with van der Waals surface area (Å²) in [4.78, 5) is 17.0. The van der Waals surface area contributed by atoms with E-state index in [-0.39, 0.29) is 0 Å². The second-order valence-electron chi connectivity index (χ2n) is 12.9. The minimum atomic E-state index is -2.57. The summed E-state index contributed by atoms with van der Waals surface area (Å²) in [5.41, 5.74) is 5.23. The number of piperazine rings is 1. The van der Waals surface area contributed by atoms with Gasteiger partial charge in [-0.25, -0.2) is 4.98 Å². The lowest BCUT2D eigenvalue weighted by atomic mass is 9.99. The quantitative estimate of drug-likeness (QED) is 0.229. The van der Waals surface area contributed by atoms with E-state index in [0.29, 0.717) is 23.6 Å². The summed E-state index contributed by atoms with van der Waals surface area (Å²) in [6.07, 6.45) is 6.87. The van der Waals surface area contributed by atoms with E-state index in [1.807, 2.05) is 12.1 Å². The molecule has 0 unspecified atom stereocenters. The molecule has 2 aliphatic rings. The van der Waals surface area contributed by atoms with Gasteiger partial charge in [0.25, 0.3) is 0 Å². The van der Waals surface area contributed by atoms with Gasteiger partial charge in [-0.2, -0.15) is 4.98 Å². The second kappa shape index (κ2) is 15.1. The smallest absolute Gasteiger partial charge is 0.229 e. The molecular formula is C35H52N7O3P. The van der Waals surface area contributed by atoms with Crippen LogP contribution in [0.2, 0.25) is 0 Å². The number of likely N-dealkylation sites (N-methyl/N-ethyl adjacent to an activating group) is 1. The number of anilines is 5. The molecule has 11 heteroatoms. The number of methoxy groups -OCH3 is 2. The molecule has 0 spiro atoms. The van der Waals surface area contributed by atoms with Crippen LogP contribution in [0.1, 0.15) is 44.2 Å². The van der Waals surface area contributed by atoms with Crippen LogP contribution in [0.4, 0.5) is 28.8 Å². The van der Waals surface area contributed by atoms with Crippen molar-refractivity contribution in [3.63, 3.8) is 0 Å². The third kappa shape index (κ3) is 7.96. The Morgan fingerprint density at radius 2 is 1.63 bits per heavy atom. The molecule has 2 fully saturated rings. The number of nitrogens with one attached hydrogen (secondary N) is 2. The number of aryl methyl sites for hydroxylation is 2. The van der Waals surface area contributed by atoms with E-state index in [4.69, 9.17) is 14.5 Å². The van der Waals surface area contributed by atoms with Gasteiger partial charge in [0.15, 0.2) is 11.6 Å². The Morgan fingerprint density at radius 3 is 2.26 bits per heavy atom. The molecule has 2 aromatic carbocycles. The van der Waals surface area contributed by atoms with Crippen LogP contribution in [0.15, 0.2) is 36.5 Å². The lowest BCUT2D eigenvalue weighted by Gasteiger charge is -2.43. The molecule has 1 aromatic heterocycles. The van der Waals surface area contributed by atoms with Crippen LogP contribution >= 0.6 is 7.14 Å². The highest BCUT2D eigenvalue weighted by atomic mass is 31.2. The molecule has 3 aromatic rings. The third-order valence-electron chi connectivity index (χ3n) is 9.30. The maximum Gasteiger partial charge on any atom is 0.229 e. The van der Waals surface area contributed by atoms with Gasteiger partial charge < -0.3 is 34.5 Å². The van der Waals surface area contributed by atoms with Crippen molar-refractivity contribution in [1.29, 1.82) is 0 Å². The van der Waals surface area contributed by atoms with E-state index in [0.717, 1.165) is 67.9 Å².